The third-order valence-corrected chi connectivity index (χ3v) is 8.06. The maximum atomic E-state index is 13.2. The summed E-state index contributed by atoms with van der Waals surface area (Å²) in [6.07, 6.45) is -4.61. The first-order valence-corrected chi connectivity index (χ1v) is 12.7. The van der Waals surface area contributed by atoms with Gasteiger partial charge in [0.15, 0.2) is 0 Å². The van der Waals surface area contributed by atoms with E-state index in [-0.39, 0.29) is 58.3 Å². The number of halogens is 5. The van der Waals surface area contributed by atoms with Crippen LogP contribution in [0.1, 0.15) is 21.6 Å². The van der Waals surface area contributed by atoms with Gasteiger partial charge in [0.2, 0.25) is 10.0 Å². The van der Waals surface area contributed by atoms with Crippen LogP contribution in [0.2, 0.25) is 10.0 Å². The number of carbonyl (C=O) groups is 1. The van der Waals surface area contributed by atoms with Gasteiger partial charge < -0.3 is 10.1 Å². The van der Waals surface area contributed by atoms with Crippen molar-refractivity contribution in [2.24, 2.45) is 0 Å². The number of hydrogen-bond acceptors (Lipinski definition) is 5. The molecule has 0 bridgehead atoms. The Morgan fingerprint density at radius 2 is 1.72 bits per heavy atom. The molecule has 192 valence electrons. The van der Waals surface area contributed by atoms with Crippen LogP contribution in [0.15, 0.2) is 47.4 Å². The number of amides is 1. The highest BCUT2D eigenvalue weighted by Crippen LogP contribution is 2.34. The van der Waals surface area contributed by atoms with Gasteiger partial charge in [-0.3, -0.25) is 4.79 Å². The summed E-state index contributed by atoms with van der Waals surface area (Å²) in [5, 5.41) is 6.64. The van der Waals surface area contributed by atoms with Crippen molar-refractivity contribution < 1.29 is 31.1 Å². The van der Waals surface area contributed by atoms with Crippen molar-refractivity contribution in [1.29, 1.82) is 0 Å². The molecule has 0 spiro atoms. The fraction of sp³-hybridized carbons (Fsp3) is 0.273. The fourth-order valence-electron chi connectivity index (χ4n) is 3.58. The molecule has 3 aromatic rings. The number of nitrogens with one attached hydrogen (secondary N) is 1. The number of benzene rings is 2. The number of alkyl halides is 3. The van der Waals surface area contributed by atoms with E-state index in [1.807, 2.05) is 0 Å². The van der Waals surface area contributed by atoms with E-state index in [1.165, 1.54) is 22.5 Å². The average Bonchev–Trinajstić information content (AvgIpc) is 3.18. The number of hydrogen-bond donors (Lipinski definition) is 1. The van der Waals surface area contributed by atoms with Gasteiger partial charge in [0.25, 0.3) is 5.91 Å². The normalized spacial score (nSPS) is 15.2. The number of aryl methyl sites for hydroxylation is 1. The van der Waals surface area contributed by atoms with Gasteiger partial charge in [-0.15, -0.1) is 0 Å². The zero-order chi connectivity index (χ0) is 26.3. The number of nitrogens with zero attached hydrogens (tertiary/aromatic N) is 3. The molecule has 0 atom stereocenters. The predicted molar refractivity (Wildman–Crippen MR) is 127 cm³/mol. The number of morpholine rings is 1. The SMILES string of the molecule is Cc1cc(NC(=O)c2ccc(Cl)c(S(=O)(=O)N3CCOCC3)c2)n(-c2cc(C(F)(F)F)ccc2Cl)n1. The molecule has 0 aliphatic carbocycles. The lowest BCUT2D eigenvalue weighted by Gasteiger charge is -2.26. The van der Waals surface area contributed by atoms with Crippen LogP contribution in [0.5, 0.6) is 0 Å². The van der Waals surface area contributed by atoms with Crippen LogP contribution in [-0.4, -0.2) is 54.7 Å². The summed E-state index contributed by atoms with van der Waals surface area (Å²) in [5.74, 6) is -0.694. The lowest BCUT2D eigenvalue weighted by Crippen LogP contribution is -2.40. The number of carbonyl (C=O) groups excluding carboxylic acids is 1. The number of sulfonamides is 1. The van der Waals surface area contributed by atoms with E-state index in [0.29, 0.717) is 5.69 Å². The first-order chi connectivity index (χ1) is 16.9. The van der Waals surface area contributed by atoms with E-state index in [2.05, 4.69) is 10.4 Å². The molecule has 1 aromatic heterocycles. The summed E-state index contributed by atoms with van der Waals surface area (Å²) in [7, 11) is -3.99. The van der Waals surface area contributed by atoms with E-state index in [0.717, 1.165) is 28.9 Å². The maximum absolute atomic E-state index is 13.2. The lowest BCUT2D eigenvalue weighted by molar-refractivity contribution is -0.137. The second-order valence-electron chi connectivity index (χ2n) is 7.86. The highest BCUT2D eigenvalue weighted by Gasteiger charge is 2.32. The van der Waals surface area contributed by atoms with Gasteiger partial charge in [-0.05, 0) is 43.3 Å². The Bertz CT molecular complexity index is 1420. The molecule has 8 nitrogen and oxygen atoms in total. The summed E-state index contributed by atoms with van der Waals surface area (Å²) < 4.78 is 73.3. The molecule has 1 aliphatic heterocycles. The summed E-state index contributed by atoms with van der Waals surface area (Å²) in [4.78, 5) is 12.8. The highest BCUT2D eigenvalue weighted by atomic mass is 35.5. The monoisotopic (exact) mass is 562 g/mol. The number of rotatable bonds is 5. The van der Waals surface area contributed by atoms with Gasteiger partial charge in [-0.25, -0.2) is 13.1 Å². The summed E-state index contributed by atoms with van der Waals surface area (Å²) in [5.41, 5.74) is -0.679. The Morgan fingerprint density at radius 3 is 2.39 bits per heavy atom. The van der Waals surface area contributed by atoms with E-state index in [1.54, 1.807) is 6.92 Å². The van der Waals surface area contributed by atoms with Crippen LogP contribution < -0.4 is 5.32 Å². The summed E-state index contributed by atoms with van der Waals surface area (Å²) in [6.45, 7) is 2.34. The van der Waals surface area contributed by atoms with Crippen LogP contribution in [0.25, 0.3) is 5.69 Å². The van der Waals surface area contributed by atoms with E-state index in [9.17, 15) is 26.4 Å². The molecule has 4 rings (SSSR count). The molecule has 1 amide bonds. The fourth-order valence-corrected chi connectivity index (χ4v) is 5.69. The zero-order valence-electron chi connectivity index (χ0n) is 18.6. The van der Waals surface area contributed by atoms with Crippen LogP contribution in [0.3, 0.4) is 0 Å². The Kier molecular flexibility index (Phi) is 7.35. The van der Waals surface area contributed by atoms with E-state index < -0.39 is 27.7 Å². The molecule has 14 heteroatoms. The van der Waals surface area contributed by atoms with E-state index in [4.69, 9.17) is 27.9 Å². The molecule has 1 saturated heterocycles. The minimum Gasteiger partial charge on any atom is -0.379 e. The molecule has 1 fully saturated rings. The third-order valence-electron chi connectivity index (χ3n) is 5.36. The molecule has 2 heterocycles. The van der Waals surface area contributed by atoms with Crippen molar-refractivity contribution in [2.75, 3.05) is 31.6 Å². The Balaban J connectivity index is 1.67. The zero-order valence-corrected chi connectivity index (χ0v) is 21.0. The van der Waals surface area contributed by atoms with Gasteiger partial charge in [0.1, 0.15) is 10.7 Å². The van der Waals surface area contributed by atoms with Crippen LogP contribution in [0, 0.1) is 6.92 Å². The number of aromatic nitrogens is 2. The molecule has 2 aromatic carbocycles. The second-order valence-corrected chi connectivity index (χ2v) is 10.6. The van der Waals surface area contributed by atoms with Crippen LogP contribution in [-0.2, 0) is 20.9 Å². The lowest BCUT2D eigenvalue weighted by atomic mass is 10.2. The third kappa shape index (κ3) is 5.37. The molecular weight excluding hydrogens is 544 g/mol. The van der Waals surface area contributed by atoms with Crippen molar-refractivity contribution in [3.8, 4) is 5.69 Å². The van der Waals surface area contributed by atoms with Gasteiger partial charge in [-0.1, -0.05) is 23.2 Å². The Morgan fingerprint density at radius 1 is 1.06 bits per heavy atom. The highest BCUT2D eigenvalue weighted by molar-refractivity contribution is 7.89. The molecule has 36 heavy (non-hydrogen) atoms. The molecule has 0 radical (unpaired) electrons. The molecule has 1 N–H and O–H groups in total. The Labute approximate surface area is 214 Å². The average molecular weight is 563 g/mol. The van der Waals surface area contributed by atoms with E-state index >= 15 is 0 Å². The summed E-state index contributed by atoms with van der Waals surface area (Å²) >= 11 is 12.3. The Hall–Kier alpha value is -2.64. The summed E-state index contributed by atoms with van der Waals surface area (Å²) in [6, 6.07) is 7.95. The quantitative estimate of drug-likeness (QED) is 0.483. The van der Waals surface area contributed by atoms with Gasteiger partial charge in [-0.2, -0.15) is 22.6 Å². The van der Waals surface area contributed by atoms with Crippen molar-refractivity contribution in [1.82, 2.24) is 14.1 Å². The molecule has 1 aliphatic rings. The first kappa shape index (κ1) is 26.4. The number of ether oxygens (including phenoxy) is 1. The van der Waals surface area contributed by atoms with Crippen molar-refractivity contribution in [3.63, 3.8) is 0 Å². The first-order valence-electron chi connectivity index (χ1n) is 10.5. The maximum Gasteiger partial charge on any atom is 0.416 e. The van der Waals surface area contributed by atoms with Crippen molar-refractivity contribution >= 4 is 45.0 Å². The largest absolute Gasteiger partial charge is 0.416 e. The molecule has 0 unspecified atom stereocenters. The van der Waals surface area contributed by atoms with Crippen molar-refractivity contribution in [2.45, 2.75) is 18.0 Å². The minimum atomic E-state index is -4.61. The predicted octanol–water partition coefficient (Wildman–Crippen LogP) is 4.78. The topological polar surface area (TPSA) is 93.5 Å². The van der Waals surface area contributed by atoms with Gasteiger partial charge >= 0.3 is 6.18 Å². The molecule has 0 saturated carbocycles. The van der Waals surface area contributed by atoms with Crippen LogP contribution in [0.4, 0.5) is 19.0 Å². The van der Waals surface area contributed by atoms with Crippen molar-refractivity contribution in [3.05, 3.63) is 69.3 Å². The minimum absolute atomic E-state index is 0.0213. The van der Waals surface area contributed by atoms with Crippen LogP contribution >= 0.6 is 23.2 Å². The smallest absolute Gasteiger partial charge is 0.379 e. The number of anilines is 1. The molecular formula is C22H19Cl2F3N4O4S. The second kappa shape index (κ2) is 10.0. The van der Waals surface area contributed by atoms with Gasteiger partial charge in [0.05, 0.1) is 40.2 Å². The van der Waals surface area contributed by atoms with Gasteiger partial charge in [0, 0.05) is 24.7 Å². The standard InChI is InChI=1S/C22H19Cl2F3N4O4S/c1-13-10-20(31(29-13)18-12-15(22(25,26)27)3-5-16(18)23)28-21(32)14-2-4-17(24)19(11-14)36(33,34)30-6-8-35-9-7-30/h2-5,10-12H,6-9H2,1H3,(H,28,32).